The molecule has 0 aliphatic rings. The molecule has 0 aliphatic carbocycles. The minimum Gasteiger partial charge on any atom is -0.465 e. The third kappa shape index (κ3) is 2.38. The minimum atomic E-state index is -1.33. The van der Waals surface area contributed by atoms with E-state index in [0.717, 1.165) is 6.07 Å². The molecule has 2 N–H and O–H groups in total. The Morgan fingerprint density at radius 1 is 1.41 bits per heavy atom. The molecule has 0 saturated heterocycles. The van der Waals surface area contributed by atoms with Crippen molar-refractivity contribution in [3.05, 3.63) is 29.3 Å². The van der Waals surface area contributed by atoms with Crippen LogP contribution in [0.3, 0.4) is 0 Å². The van der Waals surface area contributed by atoms with E-state index in [9.17, 15) is 13.6 Å². The maximum Gasteiger partial charge on any atom is 0.316 e. The third-order valence-corrected chi connectivity index (χ3v) is 2.54. The molecule has 0 fully saturated rings. The normalized spacial score (nSPS) is 11.4. The van der Waals surface area contributed by atoms with E-state index in [4.69, 9.17) is 10.5 Å². The number of anilines is 1. The first-order valence-electron chi connectivity index (χ1n) is 5.23. The largest absolute Gasteiger partial charge is 0.465 e. The van der Waals surface area contributed by atoms with E-state index in [1.807, 2.05) is 0 Å². The van der Waals surface area contributed by atoms with Crippen molar-refractivity contribution in [2.75, 3.05) is 12.3 Å². The maximum atomic E-state index is 13.7. The number of hydrogen-bond donors (Lipinski definition) is 1. The highest BCUT2D eigenvalue weighted by atomic mass is 19.2. The molecule has 0 atom stereocenters. The quantitative estimate of drug-likeness (QED) is 0.655. The van der Waals surface area contributed by atoms with E-state index in [2.05, 4.69) is 0 Å². The topological polar surface area (TPSA) is 52.3 Å². The van der Waals surface area contributed by atoms with Crippen LogP contribution in [0.5, 0.6) is 0 Å². The number of esters is 1. The van der Waals surface area contributed by atoms with Gasteiger partial charge < -0.3 is 10.5 Å². The number of nitrogen functional groups attached to an aromatic ring is 1. The van der Waals surface area contributed by atoms with Crippen LogP contribution in [0.4, 0.5) is 14.5 Å². The third-order valence-electron chi connectivity index (χ3n) is 2.54. The summed E-state index contributed by atoms with van der Waals surface area (Å²) in [7, 11) is 0. The van der Waals surface area contributed by atoms with Crippen molar-refractivity contribution in [2.45, 2.75) is 26.2 Å². The average Bonchev–Trinajstić information content (AvgIpc) is 2.24. The first-order valence-corrected chi connectivity index (χ1v) is 5.23. The van der Waals surface area contributed by atoms with Crippen LogP contribution >= 0.6 is 0 Å². The number of hydrogen-bond acceptors (Lipinski definition) is 3. The minimum absolute atomic E-state index is 0.0296. The molecule has 3 nitrogen and oxygen atoms in total. The zero-order valence-electron chi connectivity index (χ0n) is 10.0. The molecule has 1 aromatic carbocycles. The predicted octanol–water partition coefficient (Wildman–Crippen LogP) is 2.39. The number of carbonyl (C=O) groups is 1. The van der Waals surface area contributed by atoms with Crippen LogP contribution in [0.25, 0.3) is 0 Å². The highest BCUT2D eigenvalue weighted by Crippen LogP contribution is 2.33. The van der Waals surface area contributed by atoms with Crippen molar-refractivity contribution in [1.29, 1.82) is 0 Å². The van der Waals surface area contributed by atoms with Gasteiger partial charge in [0.05, 0.1) is 12.0 Å². The second-order valence-corrected chi connectivity index (χ2v) is 4.17. The van der Waals surface area contributed by atoms with E-state index in [1.54, 1.807) is 6.92 Å². The molecule has 0 bridgehead atoms. The van der Waals surface area contributed by atoms with Crippen LogP contribution in [-0.4, -0.2) is 12.6 Å². The van der Waals surface area contributed by atoms with Crippen LogP contribution in [0.2, 0.25) is 0 Å². The van der Waals surface area contributed by atoms with E-state index < -0.39 is 23.0 Å². The van der Waals surface area contributed by atoms with Gasteiger partial charge in [-0.1, -0.05) is 0 Å². The zero-order valence-corrected chi connectivity index (χ0v) is 10.0. The fourth-order valence-electron chi connectivity index (χ4n) is 1.61. The Kier molecular flexibility index (Phi) is 3.70. The molecule has 0 spiro atoms. The molecule has 17 heavy (non-hydrogen) atoms. The summed E-state index contributed by atoms with van der Waals surface area (Å²) in [4.78, 5) is 11.7. The van der Waals surface area contributed by atoms with Gasteiger partial charge in [-0.25, -0.2) is 8.78 Å². The molecule has 0 aliphatic heterocycles. The molecule has 1 rings (SSSR count). The number of rotatable bonds is 3. The molecule has 0 amide bonds. The van der Waals surface area contributed by atoms with Crippen LogP contribution in [0, 0.1) is 11.6 Å². The molecule has 5 heteroatoms. The summed E-state index contributed by atoms with van der Waals surface area (Å²) in [6.07, 6.45) is 0. The Labute approximate surface area is 98.6 Å². The Balaban J connectivity index is 3.32. The van der Waals surface area contributed by atoms with Crippen molar-refractivity contribution in [1.82, 2.24) is 0 Å². The lowest BCUT2D eigenvalue weighted by Crippen LogP contribution is -2.33. The van der Waals surface area contributed by atoms with Gasteiger partial charge in [-0.3, -0.25) is 4.79 Å². The summed E-state index contributed by atoms with van der Waals surface area (Å²) in [6.45, 7) is 4.69. The molecule has 0 radical (unpaired) electrons. The summed E-state index contributed by atoms with van der Waals surface area (Å²) < 4.78 is 31.7. The highest BCUT2D eigenvalue weighted by Gasteiger charge is 2.36. The lowest BCUT2D eigenvalue weighted by atomic mass is 9.83. The molecular weight excluding hydrogens is 228 g/mol. The van der Waals surface area contributed by atoms with Crippen molar-refractivity contribution in [2.24, 2.45) is 0 Å². The van der Waals surface area contributed by atoms with E-state index in [1.165, 1.54) is 19.9 Å². The summed E-state index contributed by atoms with van der Waals surface area (Å²) >= 11 is 0. The number of carbonyl (C=O) groups excluding carboxylic acids is 1. The van der Waals surface area contributed by atoms with Gasteiger partial charge in [0, 0.05) is 11.3 Å². The van der Waals surface area contributed by atoms with Gasteiger partial charge in [0.1, 0.15) is 0 Å². The molecule has 0 saturated carbocycles. The highest BCUT2D eigenvalue weighted by molar-refractivity contribution is 5.84. The monoisotopic (exact) mass is 243 g/mol. The van der Waals surface area contributed by atoms with Crippen LogP contribution < -0.4 is 5.73 Å². The number of ether oxygens (including phenoxy) is 1. The lowest BCUT2D eigenvalue weighted by Gasteiger charge is -2.24. The summed E-state index contributed by atoms with van der Waals surface area (Å²) in [5, 5.41) is 0. The summed E-state index contributed by atoms with van der Waals surface area (Å²) in [6, 6.07) is 2.16. The van der Waals surface area contributed by atoms with Gasteiger partial charge >= 0.3 is 5.97 Å². The zero-order chi connectivity index (χ0) is 13.2. The van der Waals surface area contributed by atoms with Gasteiger partial charge in [0.25, 0.3) is 0 Å². The summed E-state index contributed by atoms with van der Waals surface area (Å²) in [5.41, 5.74) is 4.13. The van der Waals surface area contributed by atoms with E-state index in [0.29, 0.717) is 0 Å². The standard InChI is InChI=1S/C12H15F2NO2/c1-4-17-11(16)12(2,3)9-8(15)6-5-7(13)10(9)14/h5-6H,4,15H2,1-3H3. The Morgan fingerprint density at radius 3 is 2.53 bits per heavy atom. The fraction of sp³-hybridized carbons (Fsp3) is 0.417. The molecule has 0 heterocycles. The molecular formula is C12H15F2NO2. The number of benzene rings is 1. The van der Waals surface area contributed by atoms with Crippen LogP contribution in [0.1, 0.15) is 26.3 Å². The summed E-state index contributed by atoms with van der Waals surface area (Å²) in [5.74, 6) is -2.79. The molecule has 0 unspecified atom stereocenters. The van der Waals surface area contributed by atoms with Crippen molar-refractivity contribution in [3.8, 4) is 0 Å². The maximum absolute atomic E-state index is 13.7. The lowest BCUT2D eigenvalue weighted by molar-refractivity contribution is -0.148. The van der Waals surface area contributed by atoms with Gasteiger partial charge in [0.2, 0.25) is 0 Å². The SMILES string of the molecule is CCOC(=O)C(C)(C)c1c(N)ccc(F)c1F. The second kappa shape index (κ2) is 4.69. The van der Waals surface area contributed by atoms with Crippen molar-refractivity contribution >= 4 is 11.7 Å². The van der Waals surface area contributed by atoms with Gasteiger partial charge in [-0.2, -0.15) is 0 Å². The van der Waals surface area contributed by atoms with Crippen molar-refractivity contribution < 1.29 is 18.3 Å². The second-order valence-electron chi connectivity index (χ2n) is 4.17. The number of halogens is 2. The van der Waals surface area contributed by atoms with Crippen molar-refractivity contribution in [3.63, 3.8) is 0 Å². The Bertz CT molecular complexity index is 444. The molecule has 94 valence electrons. The first-order chi connectivity index (χ1) is 7.82. The Hall–Kier alpha value is -1.65. The van der Waals surface area contributed by atoms with Crippen LogP contribution in [0.15, 0.2) is 12.1 Å². The fourth-order valence-corrected chi connectivity index (χ4v) is 1.61. The van der Waals surface area contributed by atoms with Crippen LogP contribution in [-0.2, 0) is 14.9 Å². The smallest absolute Gasteiger partial charge is 0.316 e. The van der Waals surface area contributed by atoms with Gasteiger partial charge in [0.15, 0.2) is 11.6 Å². The molecule has 1 aromatic rings. The van der Waals surface area contributed by atoms with Gasteiger partial charge in [-0.15, -0.1) is 0 Å². The molecule has 0 aromatic heterocycles. The number of nitrogens with two attached hydrogens (primary N) is 1. The van der Waals surface area contributed by atoms with Gasteiger partial charge in [-0.05, 0) is 32.9 Å². The first kappa shape index (κ1) is 13.4. The van der Waals surface area contributed by atoms with E-state index in [-0.39, 0.29) is 17.9 Å². The Morgan fingerprint density at radius 2 is 2.00 bits per heavy atom. The predicted molar refractivity (Wildman–Crippen MR) is 60.4 cm³/mol. The van der Waals surface area contributed by atoms with E-state index >= 15 is 0 Å². The average molecular weight is 243 g/mol.